The van der Waals surface area contributed by atoms with Crippen LogP contribution in [0, 0.1) is 0 Å². The van der Waals surface area contributed by atoms with Crippen LogP contribution in [0.4, 0.5) is 15.4 Å². The summed E-state index contributed by atoms with van der Waals surface area (Å²) >= 11 is 0. The van der Waals surface area contributed by atoms with E-state index in [0.29, 0.717) is 11.3 Å². The lowest BCUT2D eigenvalue weighted by Gasteiger charge is -2.28. The molecule has 1 aromatic carbocycles. The normalized spacial score (nSPS) is 12.0. The molecule has 0 fully saturated rings. The van der Waals surface area contributed by atoms with Crippen LogP contribution < -0.4 is 16.3 Å². The van der Waals surface area contributed by atoms with Crippen LogP contribution in [0.15, 0.2) is 47.4 Å². The second-order valence-corrected chi connectivity index (χ2v) is 9.19. The monoisotopic (exact) mass is 476 g/mol. The van der Waals surface area contributed by atoms with Crippen molar-refractivity contribution in [2.45, 2.75) is 65.2 Å². The summed E-state index contributed by atoms with van der Waals surface area (Å²) in [6.07, 6.45) is -0.348. The molecular weight excluding hydrogens is 444 g/mol. The third-order valence-corrected chi connectivity index (χ3v) is 3.67. The Kier molecular flexibility index (Phi) is 9.94. The van der Waals surface area contributed by atoms with Gasteiger partial charge in [0.15, 0.2) is 0 Å². The first-order chi connectivity index (χ1) is 15.6. The van der Waals surface area contributed by atoms with E-state index in [1.165, 1.54) is 12.3 Å². The van der Waals surface area contributed by atoms with Crippen LogP contribution in [0.2, 0.25) is 0 Å². The predicted molar refractivity (Wildman–Crippen MR) is 126 cm³/mol. The van der Waals surface area contributed by atoms with Gasteiger partial charge in [-0.15, -0.1) is 0 Å². The van der Waals surface area contributed by atoms with Gasteiger partial charge in [0.05, 0.1) is 0 Å². The van der Waals surface area contributed by atoms with E-state index in [1.807, 2.05) is 30.3 Å². The SMILES string of the molecule is CC(C)(C)OC(=O)N(C(=O)OC(C)(C)C)c1ccnc(=O)[nH]1.N[C@@H](Cc1ccccc1)C(=O)O. The molecule has 2 aromatic rings. The number of carbonyl (C=O) groups excluding carboxylic acids is 2. The maximum absolute atomic E-state index is 12.3. The van der Waals surface area contributed by atoms with Crippen molar-refractivity contribution in [3.63, 3.8) is 0 Å². The van der Waals surface area contributed by atoms with E-state index in [9.17, 15) is 19.2 Å². The van der Waals surface area contributed by atoms with Gasteiger partial charge in [-0.2, -0.15) is 4.90 Å². The van der Waals surface area contributed by atoms with E-state index in [2.05, 4.69) is 9.97 Å². The summed E-state index contributed by atoms with van der Waals surface area (Å²) in [6.45, 7) is 9.96. The van der Waals surface area contributed by atoms with Crippen molar-refractivity contribution in [3.8, 4) is 0 Å². The summed E-state index contributed by atoms with van der Waals surface area (Å²) in [4.78, 5) is 52.6. The van der Waals surface area contributed by atoms with Gasteiger partial charge >= 0.3 is 23.8 Å². The van der Waals surface area contributed by atoms with E-state index >= 15 is 0 Å². The lowest BCUT2D eigenvalue weighted by atomic mass is 10.1. The van der Waals surface area contributed by atoms with Crippen LogP contribution in [0.1, 0.15) is 47.1 Å². The molecule has 0 bridgehead atoms. The van der Waals surface area contributed by atoms with Gasteiger partial charge in [0.2, 0.25) is 0 Å². The molecule has 2 amide bonds. The van der Waals surface area contributed by atoms with Crippen molar-refractivity contribution in [2.24, 2.45) is 5.73 Å². The number of aromatic amines is 1. The number of carboxylic acids is 1. The molecule has 1 atom stereocenters. The van der Waals surface area contributed by atoms with Crippen LogP contribution in [0.25, 0.3) is 0 Å². The van der Waals surface area contributed by atoms with E-state index < -0.39 is 41.1 Å². The molecule has 34 heavy (non-hydrogen) atoms. The fourth-order valence-corrected chi connectivity index (χ4v) is 2.33. The summed E-state index contributed by atoms with van der Waals surface area (Å²) in [5.74, 6) is -1.04. The average molecular weight is 477 g/mol. The number of nitrogens with zero attached hydrogens (tertiary/aromatic N) is 2. The molecular formula is C23H32N4O7. The van der Waals surface area contributed by atoms with Crippen molar-refractivity contribution in [2.75, 3.05) is 4.90 Å². The highest BCUT2D eigenvalue weighted by Crippen LogP contribution is 2.18. The first kappa shape index (κ1) is 28.3. The number of nitrogens with two attached hydrogens (primary N) is 1. The fraction of sp³-hybridized carbons (Fsp3) is 0.435. The van der Waals surface area contributed by atoms with Gasteiger partial charge in [-0.1, -0.05) is 30.3 Å². The zero-order valence-corrected chi connectivity index (χ0v) is 20.2. The summed E-state index contributed by atoms with van der Waals surface area (Å²) in [5, 5.41) is 8.52. The number of H-pyrrole nitrogens is 1. The zero-order chi connectivity index (χ0) is 26.1. The minimum absolute atomic E-state index is 0.0801. The number of amides is 2. The number of carbonyl (C=O) groups is 3. The molecule has 11 heteroatoms. The Morgan fingerprint density at radius 3 is 1.91 bits per heavy atom. The number of anilines is 1. The number of ether oxygens (including phenoxy) is 2. The van der Waals surface area contributed by atoms with Gasteiger partial charge in [-0.25, -0.2) is 19.4 Å². The molecule has 186 valence electrons. The predicted octanol–water partition coefficient (Wildman–Crippen LogP) is 3.09. The number of hydrogen-bond donors (Lipinski definition) is 3. The minimum Gasteiger partial charge on any atom is -0.480 e. The van der Waals surface area contributed by atoms with Gasteiger partial charge in [-0.05, 0) is 59.6 Å². The highest BCUT2D eigenvalue weighted by Gasteiger charge is 2.33. The molecule has 0 aliphatic heterocycles. The quantitative estimate of drug-likeness (QED) is 0.601. The summed E-state index contributed by atoms with van der Waals surface area (Å²) in [7, 11) is 0. The van der Waals surface area contributed by atoms with Crippen LogP contribution in [0.5, 0.6) is 0 Å². The number of carboxylic acid groups (broad SMARTS) is 1. The van der Waals surface area contributed by atoms with Crippen LogP contribution in [-0.2, 0) is 20.7 Å². The standard InChI is InChI=1S/C14H21N3O5.C9H11NO2/c1-13(2,3)21-11(19)17(12(20)22-14(4,5)6)9-7-8-15-10(18)16-9;10-8(9(11)12)6-7-4-2-1-3-5-7/h7-8H,1-6H3,(H,15,16,18);1-5,8H,6,10H2,(H,11,12)/t;8-/m.0/s1. The second kappa shape index (κ2) is 11.9. The van der Waals surface area contributed by atoms with Crippen molar-refractivity contribution in [3.05, 3.63) is 58.6 Å². The number of imide groups is 1. The number of aliphatic carboxylic acids is 1. The van der Waals surface area contributed by atoms with Gasteiger partial charge < -0.3 is 20.3 Å². The Hall–Kier alpha value is -3.73. The molecule has 2 rings (SSSR count). The fourth-order valence-electron chi connectivity index (χ4n) is 2.33. The molecule has 0 aliphatic rings. The molecule has 0 radical (unpaired) electrons. The molecule has 1 aromatic heterocycles. The van der Waals surface area contributed by atoms with Gasteiger partial charge in [0.25, 0.3) is 0 Å². The van der Waals surface area contributed by atoms with E-state index in [0.717, 1.165) is 5.56 Å². The smallest absolute Gasteiger partial charge is 0.425 e. The van der Waals surface area contributed by atoms with Crippen LogP contribution in [0.3, 0.4) is 0 Å². The second-order valence-electron chi connectivity index (χ2n) is 9.19. The van der Waals surface area contributed by atoms with E-state index in [1.54, 1.807) is 41.5 Å². The Balaban J connectivity index is 0.000000404. The Bertz CT molecular complexity index is 996. The van der Waals surface area contributed by atoms with Gasteiger partial charge in [-0.3, -0.25) is 9.78 Å². The zero-order valence-electron chi connectivity index (χ0n) is 20.2. The van der Waals surface area contributed by atoms with Crippen LogP contribution in [-0.4, -0.2) is 50.5 Å². The molecule has 0 unspecified atom stereocenters. The maximum Gasteiger partial charge on any atom is 0.425 e. The first-order valence-corrected chi connectivity index (χ1v) is 10.4. The first-order valence-electron chi connectivity index (χ1n) is 10.4. The Morgan fingerprint density at radius 1 is 1.00 bits per heavy atom. The van der Waals surface area contributed by atoms with Gasteiger partial charge in [0.1, 0.15) is 23.1 Å². The van der Waals surface area contributed by atoms with Crippen molar-refractivity contribution in [1.29, 1.82) is 0 Å². The Labute approximate surface area is 197 Å². The average Bonchev–Trinajstić information content (AvgIpc) is 2.66. The van der Waals surface area contributed by atoms with Crippen LogP contribution >= 0.6 is 0 Å². The summed E-state index contributed by atoms with van der Waals surface area (Å²) in [5.41, 5.74) is 3.97. The number of benzene rings is 1. The number of hydrogen-bond acceptors (Lipinski definition) is 8. The molecule has 11 nitrogen and oxygen atoms in total. The lowest BCUT2D eigenvalue weighted by Crippen LogP contribution is -2.44. The number of nitrogens with one attached hydrogen (secondary N) is 1. The molecule has 1 heterocycles. The molecule has 0 saturated heterocycles. The molecule has 0 spiro atoms. The topological polar surface area (TPSA) is 165 Å². The summed E-state index contributed by atoms with van der Waals surface area (Å²) < 4.78 is 10.3. The third-order valence-electron chi connectivity index (χ3n) is 3.67. The minimum atomic E-state index is -0.959. The van der Waals surface area contributed by atoms with E-state index in [-0.39, 0.29) is 5.82 Å². The maximum atomic E-state index is 12.3. The number of aromatic nitrogens is 2. The number of rotatable bonds is 4. The molecule has 4 N–H and O–H groups in total. The van der Waals surface area contributed by atoms with E-state index in [4.69, 9.17) is 20.3 Å². The summed E-state index contributed by atoms with van der Waals surface area (Å²) in [6, 6.07) is 9.84. The third kappa shape index (κ3) is 10.7. The largest absolute Gasteiger partial charge is 0.480 e. The van der Waals surface area contributed by atoms with Crippen molar-refractivity contribution in [1.82, 2.24) is 9.97 Å². The van der Waals surface area contributed by atoms with Crippen molar-refractivity contribution >= 4 is 24.0 Å². The van der Waals surface area contributed by atoms with Gasteiger partial charge in [0, 0.05) is 6.20 Å². The highest BCUT2D eigenvalue weighted by molar-refractivity contribution is 6.08. The highest BCUT2D eigenvalue weighted by atomic mass is 16.6. The Morgan fingerprint density at radius 2 is 1.50 bits per heavy atom. The molecule has 0 saturated carbocycles. The lowest BCUT2D eigenvalue weighted by molar-refractivity contribution is -0.138. The molecule has 0 aliphatic carbocycles. The van der Waals surface area contributed by atoms with Crippen molar-refractivity contribution < 1.29 is 29.0 Å².